The predicted molar refractivity (Wildman–Crippen MR) is 129 cm³/mol. The van der Waals surface area contributed by atoms with Gasteiger partial charge in [0.15, 0.2) is 0 Å². The lowest BCUT2D eigenvalue weighted by atomic mass is 9.69. The summed E-state index contributed by atoms with van der Waals surface area (Å²) >= 11 is 0. The number of nitrogens with zero attached hydrogens (tertiary/aromatic N) is 2. The van der Waals surface area contributed by atoms with Crippen molar-refractivity contribution in [2.24, 2.45) is 21.7 Å². The summed E-state index contributed by atoms with van der Waals surface area (Å²) in [7, 11) is 0. The third-order valence-corrected chi connectivity index (χ3v) is 6.94. The molecule has 0 aliphatic heterocycles. The van der Waals surface area contributed by atoms with Crippen molar-refractivity contribution in [3.63, 3.8) is 0 Å². The van der Waals surface area contributed by atoms with Gasteiger partial charge in [-0.1, -0.05) is 65.8 Å². The second-order valence-corrected chi connectivity index (χ2v) is 11.4. The molecule has 0 radical (unpaired) electrons. The van der Waals surface area contributed by atoms with Gasteiger partial charge in [0.25, 0.3) is 0 Å². The van der Waals surface area contributed by atoms with Crippen molar-refractivity contribution in [3.05, 3.63) is 35.4 Å². The zero-order chi connectivity index (χ0) is 23.3. The third kappa shape index (κ3) is 6.51. The number of aldehydes is 1. The number of carbonyl (C=O) groups is 2. The second-order valence-electron chi connectivity index (χ2n) is 11.4. The van der Waals surface area contributed by atoms with Crippen molar-refractivity contribution in [2.75, 3.05) is 0 Å². The van der Waals surface area contributed by atoms with Crippen LogP contribution in [0.5, 0.6) is 0 Å². The molecule has 4 heteroatoms. The van der Waals surface area contributed by atoms with Crippen LogP contribution < -0.4 is 0 Å². The third-order valence-electron chi connectivity index (χ3n) is 6.94. The predicted octanol–water partition coefficient (Wildman–Crippen LogP) is 6.85. The molecular formula is C27H42N2O2. The summed E-state index contributed by atoms with van der Waals surface area (Å²) in [4.78, 5) is 30.7. The van der Waals surface area contributed by atoms with Crippen molar-refractivity contribution < 1.29 is 9.59 Å². The molecule has 0 bridgehead atoms. The molecule has 31 heavy (non-hydrogen) atoms. The molecular weight excluding hydrogens is 384 g/mol. The van der Waals surface area contributed by atoms with Crippen molar-refractivity contribution in [1.29, 1.82) is 0 Å². The molecule has 1 aromatic carbocycles. The molecule has 1 unspecified atom stereocenters. The molecule has 4 nitrogen and oxygen atoms in total. The van der Waals surface area contributed by atoms with Gasteiger partial charge in [0.05, 0.1) is 6.04 Å². The monoisotopic (exact) mass is 426 g/mol. The Morgan fingerprint density at radius 3 is 2.06 bits per heavy atom. The number of amides is 1. The lowest BCUT2D eigenvalue weighted by molar-refractivity contribution is -0.130. The Morgan fingerprint density at radius 1 is 1.06 bits per heavy atom. The zero-order valence-electron chi connectivity index (χ0n) is 20.6. The largest absolute Gasteiger partial charge is 0.313 e. The first-order valence-electron chi connectivity index (χ1n) is 11.7. The summed E-state index contributed by atoms with van der Waals surface area (Å²) in [6, 6.07) is 7.63. The van der Waals surface area contributed by atoms with E-state index in [1.807, 2.05) is 42.3 Å². The van der Waals surface area contributed by atoms with Crippen LogP contribution in [0.25, 0.3) is 0 Å². The summed E-state index contributed by atoms with van der Waals surface area (Å²) in [6.45, 7) is 15.6. The van der Waals surface area contributed by atoms with E-state index in [0.717, 1.165) is 56.8 Å². The molecule has 0 aromatic heterocycles. The summed E-state index contributed by atoms with van der Waals surface area (Å²) < 4.78 is 0. The van der Waals surface area contributed by atoms with Crippen LogP contribution in [0.1, 0.15) is 109 Å². The SMILES string of the molecule is C/C=N\C1(N(C=O)C(CCC(C)(C)C)c2ccc(C=O)cc2)CCC(C(C)(C)C)CC1. The van der Waals surface area contributed by atoms with Gasteiger partial charge in [-0.05, 0) is 74.0 Å². The first-order valence-corrected chi connectivity index (χ1v) is 11.7. The van der Waals surface area contributed by atoms with E-state index in [1.54, 1.807) is 0 Å². The molecule has 0 spiro atoms. The summed E-state index contributed by atoms with van der Waals surface area (Å²) in [5, 5.41) is 0. The molecule has 172 valence electrons. The molecule has 1 amide bonds. The van der Waals surface area contributed by atoms with Crippen molar-refractivity contribution in [3.8, 4) is 0 Å². The Labute approximate surface area is 189 Å². The van der Waals surface area contributed by atoms with Gasteiger partial charge in [-0.25, -0.2) is 0 Å². The number of hydrogen-bond acceptors (Lipinski definition) is 3. The maximum Gasteiger partial charge on any atom is 0.212 e. The van der Waals surface area contributed by atoms with E-state index in [1.165, 1.54) is 0 Å². The number of hydrogen-bond donors (Lipinski definition) is 0. The number of benzene rings is 1. The minimum atomic E-state index is -0.496. The van der Waals surface area contributed by atoms with Gasteiger partial charge in [0.2, 0.25) is 6.41 Å². The van der Waals surface area contributed by atoms with E-state index in [4.69, 9.17) is 4.99 Å². The highest BCUT2D eigenvalue weighted by Crippen LogP contribution is 2.47. The van der Waals surface area contributed by atoms with Crippen molar-refractivity contribution >= 4 is 18.9 Å². The first kappa shape index (κ1) is 25.3. The Bertz CT molecular complexity index is 745. The van der Waals surface area contributed by atoms with Crippen LogP contribution in [0.2, 0.25) is 0 Å². The first-order chi connectivity index (χ1) is 14.5. The van der Waals surface area contributed by atoms with E-state index in [9.17, 15) is 9.59 Å². The highest BCUT2D eigenvalue weighted by Gasteiger charge is 2.44. The quantitative estimate of drug-likeness (QED) is 0.337. The van der Waals surface area contributed by atoms with Gasteiger partial charge in [0, 0.05) is 5.56 Å². The topological polar surface area (TPSA) is 49.7 Å². The van der Waals surface area contributed by atoms with Crippen LogP contribution in [0.3, 0.4) is 0 Å². The van der Waals surface area contributed by atoms with Crippen LogP contribution in [0.15, 0.2) is 29.3 Å². The van der Waals surface area contributed by atoms with Gasteiger partial charge in [-0.2, -0.15) is 0 Å². The highest BCUT2D eigenvalue weighted by atomic mass is 16.1. The van der Waals surface area contributed by atoms with E-state index in [2.05, 4.69) is 41.5 Å². The van der Waals surface area contributed by atoms with Gasteiger partial charge in [-0.3, -0.25) is 14.6 Å². The fourth-order valence-corrected chi connectivity index (χ4v) is 4.93. The van der Waals surface area contributed by atoms with E-state index in [-0.39, 0.29) is 16.9 Å². The molecule has 1 fully saturated rings. The van der Waals surface area contributed by atoms with Crippen LogP contribution in [0, 0.1) is 16.7 Å². The molecule has 0 N–H and O–H groups in total. The van der Waals surface area contributed by atoms with Crippen LogP contribution >= 0.6 is 0 Å². The smallest absolute Gasteiger partial charge is 0.212 e. The number of carbonyl (C=O) groups excluding carboxylic acids is 2. The molecule has 1 aromatic rings. The Kier molecular flexibility index (Phi) is 8.24. The molecule has 1 aliphatic rings. The van der Waals surface area contributed by atoms with Gasteiger partial charge in [-0.15, -0.1) is 0 Å². The van der Waals surface area contributed by atoms with E-state index < -0.39 is 5.66 Å². The van der Waals surface area contributed by atoms with Crippen LogP contribution in [-0.2, 0) is 4.79 Å². The van der Waals surface area contributed by atoms with E-state index in [0.29, 0.717) is 11.5 Å². The minimum absolute atomic E-state index is 0.0627. The normalized spacial score (nSPS) is 23.5. The number of rotatable bonds is 8. The Morgan fingerprint density at radius 2 is 1.65 bits per heavy atom. The fourth-order valence-electron chi connectivity index (χ4n) is 4.93. The summed E-state index contributed by atoms with van der Waals surface area (Å²) in [5.74, 6) is 0.640. The second kappa shape index (κ2) is 10.1. The Balaban J connectivity index is 2.43. The van der Waals surface area contributed by atoms with Crippen molar-refractivity contribution in [2.45, 2.75) is 98.7 Å². The zero-order valence-corrected chi connectivity index (χ0v) is 20.6. The van der Waals surface area contributed by atoms with E-state index >= 15 is 0 Å². The summed E-state index contributed by atoms with van der Waals surface area (Å²) in [5.41, 5.74) is 1.67. The van der Waals surface area contributed by atoms with Crippen LogP contribution in [0.4, 0.5) is 0 Å². The number of aliphatic imine (C=N–C) groups is 1. The van der Waals surface area contributed by atoms with Gasteiger partial charge < -0.3 is 4.90 Å². The lowest BCUT2D eigenvalue weighted by Gasteiger charge is -2.49. The van der Waals surface area contributed by atoms with Crippen molar-refractivity contribution in [1.82, 2.24) is 4.90 Å². The molecule has 0 saturated heterocycles. The molecule has 0 heterocycles. The fraction of sp³-hybridized carbons (Fsp3) is 0.667. The standard InChI is InChI=1S/C27H42N2O2/c1-8-28-27(17-13-23(14-18-27)26(5,6)7)29(20-31)24(15-16-25(2,3)4)22-11-9-21(19-30)10-12-22/h8-12,19-20,23-24H,13-18H2,1-7H3/b28-8-. The van der Waals surface area contributed by atoms with Gasteiger partial charge in [0.1, 0.15) is 11.9 Å². The maximum absolute atomic E-state index is 12.6. The highest BCUT2D eigenvalue weighted by molar-refractivity contribution is 5.74. The average molecular weight is 427 g/mol. The average Bonchev–Trinajstić information content (AvgIpc) is 2.70. The molecule has 1 atom stereocenters. The molecule has 1 saturated carbocycles. The maximum atomic E-state index is 12.6. The molecule has 2 rings (SSSR count). The van der Waals surface area contributed by atoms with Gasteiger partial charge >= 0.3 is 0 Å². The Hall–Kier alpha value is -1.97. The molecule has 1 aliphatic carbocycles. The lowest BCUT2D eigenvalue weighted by Crippen LogP contribution is -2.51. The minimum Gasteiger partial charge on any atom is -0.313 e. The summed E-state index contributed by atoms with van der Waals surface area (Å²) in [6.07, 6.45) is 9.52. The van der Waals surface area contributed by atoms with Crippen LogP contribution in [-0.4, -0.2) is 29.5 Å².